The number of benzene rings is 1. The van der Waals surface area contributed by atoms with Gasteiger partial charge in [0.15, 0.2) is 0 Å². The predicted molar refractivity (Wildman–Crippen MR) is 95.6 cm³/mol. The Kier molecular flexibility index (Phi) is 6.35. The third-order valence-electron chi connectivity index (χ3n) is 3.70. The largest absolute Gasteiger partial charge is 0.383 e. The first-order valence-electron chi connectivity index (χ1n) is 8.14. The van der Waals surface area contributed by atoms with Gasteiger partial charge < -0.3 is 15.4 Å². The van der Waals surface area contributed by atoms with Gasteiger partial charge in [-0.1, -0.05) is 32.0 Å². The number of para-hydroxylation sites is 1. The summed E-state index contributed by atoms with van der Waals surface area (Å²) in [5.41, 5.74) is 4.62. The summed E-state index contributed by atoms with van der Waals surface area (Å²) in [6.07, 6.45) is 1.95. The van der Waals surface area contributed by atoms with Crippen LogP contribution in [0, 0.1) is 6.92 Å². The maximum atomic E-state index is 5.06. The number of nitrogens with one attached hydrogen (secondary N) is 2. The first-order valence-corrected chi connectivity index (χ1v) is 8.14. The molecule has 2 rings (SSSR count). The molecule has 1 aromatic carbocycles. The number of nitrogens with zero attached hydrogens (tertiary/aromatic N) is 2. The molecule has 23 heavy (non-hydrogen) atoms. The molecule has 0 amide bonds. The summed E-state index contributed by atoms with van der Waals surface area (Å²) in [7, 11) is 1.69. The van der Waals surface area contributed by atoms with Gasteiger partial charge in [-0.2, -0.15) is 4.98 Å². The molecule has 0 radical (unpaired) electrons. The lowest BCUT2D eigenvalue weighted by atomic mass is 10.0. The van der Waals surface area contributed by atoms with Crippen LogP contribution in [0.1, 0.15) is 30.7 Å². The normalized spacial score (nSPS) is 10.6. The second-order valence-electron chi connectivity index (χ2n) is 5.42. The minimum atomic E-state index is 0.625. The van der Waals surface area contributed by atoms with Crippen molar-refractivity contribution in [3.05, 3.63) is 41.1 Å². The molecule has 0 spiro atoms. The Morgan fingerprint density at radius 3 is 2.39 bits per heavy atom. The predicted octanol–water partition coefficient (Wildman–Crippen LogP) is 3.71. The molecule has 0 saturated carbocycles. The van der Waals surface area contributed by atoms with E-state index in [2.05, 4.69) is 52.6 Å². The highest BCUT2D eigenvalue weighted by atomic mass is 16.5. The Bertz CT molecular complexity index is 621. The second kappa shape index (κ2) is 8.48. The molecule has 0 fully saturated rings. The molecule has 0 aliphatic carbocycles. The van der Waals surface area contributed by atoms with E-state index < -0.39 is 0 Å². The van der Waals surface area contributed by atoms with Gasteiger partial charge >= 0.3 is 0 Å². The lowest BCUT2D eigenvalue weighted by Crippen LogP contribution is -2.11. The summed E-state index contributed by atoms with van der Waals surface area (Å²) in [6.45, 7) is 7.66. The van der Waals surface area contributed by atoms with Crippen LogP contribution in [-0.2, 0) is 17.6 Å². The van der Waals surface area contributed by atoms with Crippen molar-refractivity contribution in [3.63, 3.8) is 0 Å². The number of hydrogen-bond donors (Lipinski definition) is 2. The van der Waals surface area contributed by atoms with Crippen molar-refractivity contribution >= 4 is 17.5 Å². The lowest BCUT2D eigenvalue weighted by molar-refractivity contribution is 0.210. The molecular weight excluding hydrogens is 288 g/mol. The zero-order valence-electron chi connectivity index (χ0n) is 14.4. The fourth-order valence-corrected chi connectivity index (χ4v) is 2.51. The standard InChI is InChI=1S/C18H26N4O/c1-5-14-8-7-9-15(6-2)17(14)22-18-20-13(3)12-16(21-18)19-10-11-23-4/h7-9,12H,5-6,10-11H2,1-4H3,(H2,19,20,21,22). The minimum Gasteiger partial charge on any atom is -0.383 e. The Hall–Kier alpha value is -2.14. The molecule has 5 heteroatoms. The summed E-state index contributed by atoms with van der Waals surface area (Å²) >= 11 is 0. The van der Waals surface area contributed by atoms with Crippen molar-refractivity contribution in [2.75, 3.05) is 30.9 Å². The highest BCUT2D eigenvalue weighted by molar-refractivity contribution is 5.64. The monoisotopic (exact) mass is 314 g/mol. The van der Waals surface area contributed by atoms with Gasteiger partial charge in [0.05, 0.1) is 6.61 Å². The molecule has 2 aromatic rings. The van der Waals surface area contributed by atoms with E-state index in [1.807, 2.05) is 13.0 Å². The minimum absolute atomic E-state index is 0.625. The Balaban J connectivity index is 2.26. The van der Waals surface area contributed by atoms with E-state index in [4.69, 9.17) is 4.74 Å². The average molecular weight is 314 g/mol. The third-order valence-corrected chi connectivity index (χ3v) is 3.70. The van der Waals surface area contributed by atoms with Crippen LogP contribution >= 0.6 is 0 Å². The molecule has 2 N–H and O–H groups in total. The molecule has 0 atom stereocenters. The molecule has 0 unspecified atom stereocenters. The van der Waals surface area contributed by atoms with E-state index in [1.54, 1.807) is 7.11 Å². The van der Waals surface area contributed by atoms with Crippen molar-refractivity contribution in [1.29, 1.82) is 0 Å². The van der Waals surface area contributed by atoms with Gasteiger partial charge in [-0.15, -0.1) is 0 Å². The second-order valence-corrected chi connectivity index (χ2v) is 5.42. The van der Waals surface area contributed by atoms with Crippen LogP contribution in [0.25, 0.3) is 0 Å². The van der Waals surface area contributed by atoms with Crippen molar-refractivity contribution in [3.8, 4) is 0 Å². The number of hydrogen-bond acceptors (Lipinski definition) is 5. The van der Waals surface area contributed by atoms with Crippen molar-refractivity contribution < 1.29 is 4.74 Å². The fourth-order valence-electron chi connectivity index (χ4n) is 2.51. The SMILES string of the molecule is CCc1cccc(CC)c1Nc1nc(C)cc(NCCOC)n1. The Morgan fingerprint density at radius 1 is 1.09 bits per heavy atom. The molecule has 0 aliphatic rings. The van der Waals surface area contributed by atoms with E-state index in [9.17, 15) is 0 Å². The summed E-state index contributed by atoms with van der Waals surface area (Å²) in [5, 5.41) is 6.67. The van der Waals surface area contributed by atoms with Crippen molar-refractivity contribution in [2.24, 2.45) is 0 Å². The fraction of sp³-hybridized carbons (Fsp3) is 0.444. The molecule has 1 aromatic heterocycles. The summed E-state index contributed by atoms with van der Waals surface area (Å²) < 4.78 is 5.06. The highest BCUT2D eigenvalue weighted by Gasteiger charge is 2.09. The van der Waals surface area contributed by atoms with Gasteiger partial charge in [-0.05, 0) is 30.9 Å². The highest BCUT2D eigenvalue weighted by Crippen LogP contribution is 2.25. The van der Waals surface area contributed by atoms with Gasteiger partial charge in [0.2, 0.25) is 5.95 Å². The Morgan fingerprint density at radius 2 is 1.78 bits per heavy atom. The smallest absolute Gasteiger partial charge is 0.229 e. The summed E-state index contributed by atoms with van der Waals surface area (Å²) in [6, 6.07) is 8.34. The molecular formula is C18H26N4O. The number of ether oxygens (including phenoxy) is 1. The molecule has 0 aliphatic heterocycles. The van der Waals surface area contributed by atoms with E-state index >= 15 is 0 Å². The maximum absolute atomic E-state index is 5.06. The van der Waals surface area contributed by atoms with Crippen molar-refractivity contribution in [2.45, 2.75) is 33.6 Å². The van der Waals surface area contributed by atoms with Crippen LogP contribution < -0.4 is 10.6 Å². The van der Waals surface area contributed by atoms with Crippen LogP contribution in [0.5, 0.6) is 0 Å². The summed E-state index contributed by atoms with van der Waals surface area (Å²) in [5.74, 6) is 1.43. The van der Waals surface area contributed by atoms with E-state index in [-0.39, 0.29) is 0 Å². The van der Waals surface area contributed by atoms with Crippen LogP contribution in [-0.4, -0.2) is 30.2 Å². The van der Waals surface area contributed by atoms with Crippen LogP contribution in [0.2, 0.25) is 0 Å². The molecule has 0 bridgehead atoms. The first kappa shape index (κ1) is 17.2. The zero-order valence-corrected chi connectivity index (χ0v) is 14.4. The van der Waals surface area contributed by atoms with Gasteiger partial charge in [-0.25, -0.2) is 4.98 Å². The van der Waals surface area contributed by atoms with Crippen LogP contribution in [0.15, 0.2) is 24.3 Å². The quantitative estimate of drug-likeness (QED) is 0.727. The maximum Gasteiger partial charge on any atom is 0.229 e. The molecule has 0 saturated heterocycles. The van der Waals surface area contributed by atoms with E-state index in [1.165, 1.54) is 11.1 Å². The number of rotatable bonds is 8. The first-order chi connectivity index (χ1) is 11.2. The average Bonchev–Trinajstić information content (AvgIpc) is 2.55. The van der Waals surface area contributed by atoms with Gasteiger partial charge in [0.25, 0.3) is 0 Å². The third kappa shape index (κ3) is 4.66. The zero-order chi connectivity index (χ0) is 16.7. The van der Waals surface area contributed by atoms with Crippen LogP contribution in [0.3, 0.4) is 0 Å². The lowest BCUT2D eigenvalue weighted by Gasteiger charge is -2.15. The Labute approximate surface area is 138 Å². The van der Waals surface area contributed by atoms with E-state index in [0.717, 1.165) is 36.6 Å². The number of aromatic nitrogens is 2. The molecule has 1 heterocycles. The topological polar surface area (TPSA) is 59.1 Å². The van der Waals surface area contributed by atoms with Crippen LogP contribution in [0.4, 0.5) is 17.5 Å². The van der Waals surface area contributed by atoms with E-state index in [0.29, 0.717) is 12.6 Å². The number of anilines is 3. The van der Waals surface area contributed by atoms with Gasteiger partial charge in [0.1, 0.15) is 5.82 Å². The molecule has 5 nitrogen and oxygen atoms in total. The number of aryl methyl sites for hydroxylation is 3. The van der Waals surface area contributed by atoms with Crippen molar-refractivity contribution in [1.82, 2.24) is 9.97 Å². The number of methoxy groups -OCH3 is 1. The summed E-state index contributed by atoms with van der Waals surface area (Å²) in [4.78, 5) is 9.08. The van der Waals surface area contributed by atoms with Gasteiger partial charge in [-0.3, -0.25) is 0 Å². The van der Waals surface area contributed by atoms with Gasteiger partial charge in [0, 0.05) is 31.1 Å². The molecule has 124 valence electrons.